The molecule has 0 aliphatic rings. The fourth-order valence-electron chi connectivity index (χ4n) is 1.52. The third-order valence-corrected chi connectivity index (χ3v) is 4.07. The fraction of sp³-hybridized carbons (Fsp3) is 0.500. The van der Waals surface area contributed by atoms with E-state index in [0.29, 0.717) is 17.4 Å². The van der Waals surface area contributed by atoms with Crippen LogP contribution in [-0.2, 0) is 9.47 Å². The quantitative estimate of drug-likeness (QED) is 0.439. The van der Waals surface area contributed by atoms with Crippen molar-refractivity contribution in [2.45, 2.75) is 32.0 Å². The van der Waals surface area contributed by atoms with E-state index < -0.39 is 20.4 Å². The Morgan fingerprint density at radius 3 is 2.35 bits per heavy atom. The van der Waals surface area contributed by atoms with E-state index in [2.05, 4.69) is 24.4 Å². The van der Waals surface area contributed by atoms with E-state index in [1.807, 2.05) is 0 Å². The molecule has 1 atom stereocenters. The largest absolute Gasteiger partial charge is 0.467 e. The summed E-state index contributed by atoms with van der Waals surface area (Å²) in [6.45, 7) is 6.09. The number of carbonyl (C=O) groups excluding carboxylic acids is 1. The Bertz CT molecular complexity index is 428. The van der Waals surface area contributed by atoms with E-state index in [9.17, 15) is 9.18 Å². The number of rotatable bonds is 7. The maximum Gasteiger partial charge on any atom is 0.337 e. The summed E-state index contributed by atoms with van der Waals surface area (Å²) in [5.74, 6) is 0.101. The highest BCUT2D eigenvalue weighted by atomic mass is 28.3. The molecule has 4 nitrogen and oxygen atoms in total. The van der Waals surface area contributed by atoms with E-state index in [1.54, 1.807) is 24.3 Å². The first-order valence-corrected chi connectivity index (χ1v) is 10.1. The highest BCUT2D eigenvalue weighted by Gasteiger charge is 2.20. The molecule has 1 unspecified atom stereocenters. The predicted molar refractivity (Wildman–Crippen MR) is 77.4 cm³/mol. The van der Waals surface area contributed by atoms with Crippen LogP contribution in [0.3, 0.4) is 0 Å². The molecule has 0 radical (unpaired) electrons. The molecule has 0 saturated carbocycles. The lowest BCUT2D eigenvalue weighted by Gasteiger charge is -2.19. The van der Waals surface area contributed by atoms with Crippen LogP contribution in [0.1, 0.15) is 10.4 Å². The Balaban J connectivity index is 2.37. The monoisotopic (exact) mass is 300 g/mol. The summed E-state index contributed by atoms with van der Waals surface area (Å²) in [6.07, 6.45) is -1.30. The molecular formula is C14H21FO4Si. The maximum absolute atomic E-state index is 13.5. The lowest BCUT2D eigenvalue weighted by atomic mass is 10.2. The average molecular weight is 300 g/mol. The molecule has 0 aromatic heterocycles. The molecule has 0 aliphatic carbocycles. The van der Waals surface area contributed by atoms with E-state index in [1.165, 1.54) is 7.11 Å². The molecule has 0 aliphatic heterocycles. The highest BCUT2D eigenvalue weighted by molar-refractivity contribution is 6.76. The predicted octanol–water partition coefficient (Wildman–Crippen LogP) is 3.46. The second-order valence-corrected chi connectivity index (χ2v) is 11.1. The maximum atomic E-state index is 13.5. The standard InChI is InChI=1S/C14H21FO4Si/c1-17-14(16)11-5-7-12(8-6-11)18-10-19-13(15)9-20(2,3)4/h5-8,13H,9-10H2,1-4H3. The minimum Gasteiger partial charge on any atom is -0.467 e. The van der Waals surface area contributed by atoms with Crippen molar-refractivity contribution in [3.8, 4) is 5.75 Å². The summed E-state index contributed by atoms with van der Waals surface area (Å²) in [5, 5.41) is 0. The number of alkyl halides is 1. The fourth-order valence-corrected chi connectivity index (χ4v) is 2.60. The summed E-state index contributed by atoms with van der Waals surface area (Å²) in [7, 11) is -0.161. The Kier molecular flexibility index (Phi) is 6.16. The van der Waals surface area contributed by atoms with Gasteiger partial charge in [-0.2, -0.15) is 0 Å². The summed E-state index contributed by atoms with van der Waals surface area (Å²) >= 11 is 0. The van der Waals surface area contributed by atoms with Gasteiger partial charge in [-0.15, -0.1) is 0 Å². The molecule has 0 N–H and O–H groups in total. The zero-order valence-electron chi connectivity index (χ0n) is 12.3. The van der Waals surface area contributed by atoms with Crippen LogP contribution >= 0.6 is 0 Å². The molecule has 0 bridgehead atoms. The van der Waals surface area contributed by atoms with Gasteiger partial charge in [0, 0.05) is 0 Å². The van der Waals surface area contributed by atoms with Gasteiger partial charge < -0.3 is 14.2 Å². The van der Waals surface area contributed by atoms with Crippen molar-refractivity contribution in [2.75, 3.05) is 13.9 Å². The minimum absolute atomic E-state index is 0.150. The molecule has 0 heterocycles. The first-order valence-electron chi connectivity index (χ1n) is 6.39. The topological polar surface area (TPSA) is 44.8 Å². The van der Waals surface area contributed by atoms with Crippen molar-refractivity contribution in [1.29, 1.82) is 0 Å². The van der Waals surface area contributed by atoms with E-state index in [4.69, 9.17) is 9.47 Å². The Morgan fingerprint density at radius 1 is 1.25 bits per heavy atom. The molecule has 0 spiro atoms. The Hall–Kier alpha value is -1.40. The molecular weight excluding hydrogens is 279 g/mol. The van der Waals surface area contributed by atoms with Crippen molar-refractivity contribution in [3.63, 3.8) is 0 Å². The van der Waals surface area contributed by atoms with Gasteiger partial charge in [0.05, 0.1) is 20.7 Å². The summed E-state index contributed by atoms with van der Waals surface area (Å²) in [6, 6.07) is 6.83. The number of carbonyl (C=O) groups is 1. The van der Waals surface area contributed by atoms with Crippen LogP contribution in [0.4, 0.5) is 4.39 Å². The number of halogens is 1. The van der Waals surface area contributed by atoms with Crippen molar-refractivity contribution < 1.29 is 23.4 Å². The smallest absolute Gasteiger partial charge is 0.337 e. The van der Waals surface area contributed by atoms with Gasteiger partial charge in [0.1, 0.15) is 5.75 Å². The van der Waals surface area contributed by atoms with Crippen LogP contribution in [0, 0.1) is 0 Å². The Labute approximate surface area is 119 Å². The van der Waals surface area contributed by atoms with Gasteiger partial charge in [0.25, 0.3) is 0 Å². The third kappa shape index (κ3) is 6.16. The number of hydrogen-bond donors (Lipinski definition) is 0. The number of esters is 1. The van der Waals surface area contributed by atoms with Crippen molar-refractivity contribution in [2.24, 2.45) is 0 Å². The normalized spacial score (nSPS) is 12.8. The Morgan fingerprint density at radius 2 is 1.85 bits per heavy atom. The second-order valence-electron chi connectivity index (χ2n) is 5.62. The van der Waals surface area contributed by atoms with Crippen molar-refractivity contribution >= 4 is 14.0 Å². The molecule has 0 saturated heterocycles. The zero-order valence-corrected chi connectivity index (χ0v) is 13.3. The van der Waals surface area contributed by atoms with Gasteiger partial charge in [-0.1, -0.05) is 19.6 Å². The van der Waals surface area contributed by atoms with Gasteiger partial charge in [-0.05, 0) is 30.3 Å². The van der Waals surface area contributed by atoms with Crippen LogP contribution in [-0.4, -0.2) is 34.3 Å². The van der Waals surface area contributed by atoms with Gasteiger partial charge in [-0.3, -0.25) is 0 Å². The number of benzene rings is 1. The molecule has 1 aromatic rings. The lowest BCUT2D eigenvalue weighted by molar-refractivity contribution is -0.0875. The molecule has 0 fully saturated rings. The molecule has 0 amide bonds. The van der Waals surface area contributed by atoms with Gasteiger partial charge in [-0.25, -0.2) is 9.18 Å². The SMILES string of the molecule is COC(=O)c1ccc(OCOC(F)C[Si](C)(C)C)cc1. The average Bonchev–Trinajstić information content (AvgIpc) is 2.36. The summed E-state index contributed by atoms with van der Waals surface area (Å²) in [4.78, 5) is 11.2. The highest BCUT2D eigenvalue weighted by Crippen LogP contribution is 2.16. The molecule has 112 valence electrons. The lowest BCUT2D eigenvalue weighted by Crippen LogP contribution is -2.26. The number of methoxy groups -OCH3 is 1. The van der Waals surface area contributed by atoms with Crippen molar-refractivity contribution in [3.05, 3.63) is 29.8 Å². The van der Waals surface area contributed by atoms with Gasteiger partial charge in [0.15, 0.2) is 13.2 Å². The molecule has 1 rings (SSSR count). The third-order valence-electron chi connectivity index (χ3n) is 2.52. The van der Waals surface area contributed by atoms with Gasteiger partial charge in [0.2, 0.25) is 0 Å². The van der Waals surface area contributed by atoms with Crippen molar-refractivity contribution in [1.82, 2.24) is 0 Å². The minimum atomic E-state index is -1.48. The van der Waals surface area contributed by atoms with Crippen LogP contribution in [0.25, 0.3) is 0 Å². The number of ether oxygens (including phenoxy) is 3. The van der Waals surface area contributed by atoms with Crippen LogP contribution < -0.4 is 4.74 Å². The van der Waals surface area contributed by atoms with E-state index in [0.717, 1.165) is 0 Å². The van der Waals surface area contributed by atoms with E-state index >= 15 is 0 Å². The summed E-state index contributed by atoms with van der Waals surface area (Å²) in [5.41, 5.74) is 0.433. The first kappa shape index (κ1) is 16.7. The first-order chi connectivity index (χ1) is 9.31. The molecule has 1 aromatic carbocycles. The van der Waals surface area contributed by atoms with Gasteiger partial charge >= 0.3 is 5.97 Å². The van der Waals surface area contributed by atoms with Crippen LogP contribution in [0.15, 0.2) is 24.3 Å². The summed E-state index contributed by atoms with van der Waals surface area (Å²) < 4.78 is 28.3. The van der Waals surface area contributed by atoms with Crippen LogP contribution in [0.2, 0.25) is 25.7 Å². The zero-order chi connectivity index (χ0) is 15.2. The second kappa shape index (κ2) is 7.40. The number of hydrogen-bond acceptors (Lipinski definition) is 4. The molecule has 20 heavy (non-hydrogen) atoms. The van der Waals surface area contributed by atoms with E-state index in [-0.39, 0.29) is 6.79 Å². The van der Waals surface area contributed by atoms with Crippen LogP contribution in [0.5, 0.6) is 5.75 Å². The molecule has 6 heteroatoms.